The fourth-order valence-electron chi connectivity index (χ4n) is 2.16. The van der Waals surface area contributed by atoms with Gasteiger partial charge >= 0.3 is 5.97 Å². The zero-order valence-corrected chi connectivity index (χ0v) is 15.2. The molecular weight excluding hydrogens is 296 g/mol. The summed E-state index contributed by atoms with van der Waals surface area (Å²) < 4.78 is 0. The van der Waals surface area contributed by atoms with Crippen LogP contribution in [0.1, 0.15) is 71.1 Å². The summed E-state index contributed by atoms with van der Waals surface area (Å²) >= 11 is 0. The quantitative estimate of drug-likeness (QED) is 0.204. The van der Waals surface area contributed by atoms with Gasteiger partial charge in [-0.1, -0.05) is 74.4 Å². The van der Waals surface area contributed by atoms with Crippen molar-refractivity contribution in [2.24, 2.45) is 0 Å². The fraction of sp³-hybridized carbons (Fsp3) is 0.500. The molecule has 1 N–H and O–H groups in total. The number of rotatable bonds is 15. The molecule has 0 radical (unpaired) electrons. The Morgan fingerprint density at radius 2 is 1.12 bits per heavy atom. The van der Waals surface area contributed by atoms with Crippen molar-refractivity contribution in [1.82, 2.24) is 0 Å². The predicted molar refractivity (Wildman–Crippen MR) is 105 cm³/mol. The largest absolute Gasteiger partial charge is 0.478 e. The number of carbonyl (C=O) groups is 1. The number of carboxylic acids is 1. The van der Waals surface area contributed by atoms with Gasteiger partial charge in [-0.05, 0) is 51.4 Å². The van der Waals surface area contributed by atoms with Crippen molar-refractivity contribution < 1.29 is 9.90 Å². The van der Waals surface area contributed by atoms with Gasteiger partial charge < -0.3 is 5.11 Å². The van der Waals surface area contributed by atoms with Crippen LogP contribution in [0, 0.1) is 0 Å². The highest BCUT2D eigenvalue weighted by molar-refractivity contribution is 5.79. The fourth-order valence-corrected chi connectivity index (χ4v) is 2.16. The zero-order chi connectivity index (χ0) is 17.7. The summed E-state index contributed by atoms with van der Waals surface area (Å²) in [5, 5.41) is 8.45. The lowest BCUT2D eigenvalue weighted by Gasteiger charge is -1.96. The smallest absolute Gasteiger partial charge is 0.327 e. The van der Waals surface area contributed by atoms with Gasteiger partial charge in [-0.15, -0.1) is 0 Å². The van der Waals surface area contributed by atoms with Gasteiger partial charge in [-0.2, -0.15) is 0 Å². The van der Waals surface area contributed by atoms with E-state index in [1.807, 2.05) is 0 Å². The van der Waals surface area contributed by atoms with Crippen molar-refractivity contribution in [3.63, 3.8) is 0 Å². The van der Waals surface area contributed by atoms with Crippen molar-refractivity contribution in [3.8, 4) is 0 Å². The van der Waals surface area contributed by atoms with E-state index >= 15 is 0 Å². The van der Waals surface area contributed by atoms with Gasteiger partial charge in [0.15, 0.2) is 0 Å². The second kappa shape index (κ2) is 19.2. The number of aliphatic carboxylic acids is 1. The molecule has 0 atom stereocenters. The minimum atomic E-state index is -0.852. The Bertz CT molecular complexity index is 425. The third kappa shape index (κ3) is 20.2. The second-order valence-corrected chi connectivity index (χ2v) is 5.73. The molecule has 0 aliphatic carbocycles. The minimum absolute atomic E-state index is 0.852. The van der Waals surface area contributed by atoms with Crippen LogP contribution in [0.15, 0.2) is 60.8 Å². The maximum absolute atomic E-state index is 10.3. The summed E-state index contributed by atoms with van der Waals surface area (Å²) in [7, 11) is 0. The molecule has 0 aliphatic rings. The lowest BCUT2D eigenvalue weighted by atomic mass is 10.1. The van der Waals surface area contributed by atoms with Crippen LogP contribution in [0.3, 0.4) is 0 Å². The van der Waals surface area contributed by atoms with Crippen molar-refractivity contribution in [2.45, 2.75) is 71.1 Å². The Morgan fingerprint density at radius 1 is 0.667 bits per heavy atom. The number of hydrogen-bond acceptors (Lipinski definition) is 1. The van der Waals surface area contributed by atoms with E-state index in [-0.39, 0.29) is 0 Å². The molecule has 0 fully saturated rings. The zero-order valence-electron chi connectivity index (χ0n) is 15.2. The Balaban J connectivity index is 3.36. The molecule has 0 aromatic heterocycles. The molecule has 0 saturated carbocycles. The van der Waals surface area contributed by atoms with Gasteiger partial charge in [0.25, 0.3) is 0 Å². The van der Waals surface area contributed by atoms with E-state index in [9.17, 15) is 4.79 Å². The highest BCUT2D eigenvalue weighted by Crippen LogP contribution is 2.06. The lowest BCUT2D eigenvalue weighted by Crippen LogP contribution is -1.85. The number of unbranched alkanes of at least 4 members (excludes halogenated alkanes) is 5. The summed E-state index contributed by atoms with van der Waals surface area (Å²) in [6.45, 7) is 2.15. The van der Waals surface area contributed by atoms with Crippen LogP contribution in [0.5, 0.6) is 0 Å². The van der Waals surface area contributed by atoms with Gasteiger partial charge in [0.05, 0.1) is 0 Å². The van der Waals surface area contributed by atoms with E-state index in [4.69, 9.17) is 5.11 Å². The standard InChI is InChI=1S/C22H34O2/c1-2-3-4-5-6-7-8-9-10-11-12-13-14-15-16-17-18-19-20-21-22(23)24/h3-4,6-7,9-10,12-13,20-21H,2,5,8,11,14-19H2,1H3,(H,23,24)/b4-3-,7-6-,10-9-,13-12+,21-20?. The molecule has 0 unspecified atom stereocenters. The first-order valence-electron chi connectivity index (χ1n) is 9.26. The molecule has 0 bridgehead atoms. The third-order valence-corrected chi connectivity index (χ3v) is 3.47. The monoisotopic (exact) mass is 330 g/mol. The number of hydrogen-bond donors (Lipinski definition) is 1. The highest BCUT2D eigenvalue weighted by atomic mass is 16.4. The molecule has 0 aliphatic heterocycles. The van der Waals surface area contributed by atoms with Crippen LogP contribution in [0.25, 0.3) is 0 Å². The Hall–Kier alpha value is -1.83. The van der Waals surface area contributed by atoms with Crippen LogP contribution in [0.4, 0.5) is 0 Å². The minimum Gasteiger partial charge on any atom is -0.478 e. The van der Waals surface area contributed by atoms with Crippen LogP contribution >= 0.6 is 0 Å². The summed E-state index contributed by atoms with van der Waals surface area (Å²) in [4.78, 5) is 10.3. The van der Waals surface area contributed by atoms with Gasteiger partial charge in [0, 0.05) is 6.08 Å². The maximum atomic E-state index is 10.3. The molecule has 2 heteroatoms. The lowest BCUT2D eigenvalue weighted by molar-refractivity contribution is -0.131. The average Bonchev–Trinajstić information content (AvgIpc) is 2.56. The SMILES string of the molecule is CC/C=C\C/C=C\C/C=C\C/C=C/CCCCCCC=CC(=O)O. The summed E-state index contributed by atoms with van der Waals surface area (Å²) in [6, 6.07) is 0. The maximum Gasteiger partial charge on any atom is 0.327 e. The van der Waals surface area contributed by atoms with Crippen LogP contribution < -0.4 is 0 Å². The van der Waals surface area contributed by atoms with E-state index in [1.54, 1.807) is 6.08 Å². The summed E-state index contributed by atoms with van der Waals surface area (Å²) in [6.07, 6.45) is 31.6. The molecule has 0 rings (SSSR count). The van der Waals surface area contributed by atoms with Crippen LogP contribution in [-0.2, 0) is 4.79 Å². The molecule has 0 amide bonds. The molecule has 0 spiro atoms. The summed E-state index contributed by atoms with van der Waals surface area (Å²) in [5.74, 6) is -0.852. The topological polar surface area (TPSA) is 37.3 Å². The number of carboxylic acid groups (broad SMARTS) is 1. The summed E-state index contributed by atoms with van der Waals surface area (Å²) in [5.41, 5.74) is 0. The molecule has 0 aromatic rings. The van der Waals surface area contributed by atoms with Crippen molar-refractivity contribution in [2.75, 3.05) is 0 Å². The second-order valence-electron chi connectivity index (χ2n) is 5.73. The molecule has 0 saturated heterocycles. The van der Waals surface area contributed by atoms with Gasteiger partial charge in [0.1, 0.15) is 0 Å². The molecular formula is C22H34O2. The third-order valence-electron chi connectivity index (χ3n) is 3.47. The first-order chi connectivity index (χ1) is 11.8. The van der Waals surface area contributed by atoms with E-state index < -0.39 is 5.97 Å². The normalized spacial score (nSPS) is 12.7. The average molecular weight is 331 g/mol. The van der Waals surface area contributed by atoms with E-state index in [0.29, 0.717) is 0 Å². The van der Waals surface area contributed by atoms with Gasteiger partial charge in [0.2, 0.25) is 0 Å². The molecule has 0 heterocycles. The van der Waals surface area contributed by atoms with Crippen molar-refractivity contribution >= 4 is 5.97 Å². The molecule has 0 aromatic carbocycles. The van der Waals surface area contributed by atoms with E-state index in [1.165, 1.54) is 25.3 Å². The predicted octanol–water partition coefficient (Wildman–Crippen LogP) is 6.77. The van der Waals surface area contributed by atoms with Crippen molar-refractivity contribution in [3.05, 3.63) is 60.8 Å². The Kier molecular flexibility index (Phi) is 17.8. The van der Waals surface area contributed by atoms with E-state index in [2.05, 4.69) is 55.5 Å². The molecule has 2 nitrogen and oxygen atoms in total. The Morgan fingerprint density at radius 3 is 1.62 bits per heavy atom. The van der Waals surface area contributed by atoms with Gasteiger partial charge in [-0.25, -0.2) is 4.79 Å². The Labute approximate surface area is 148 Å². The van der Waals surface area contributed by atoms with Gasteiger partial charge in [-0.3, -0.25) is 0 Å². The van der Waals surface area contributed by atoms with Crippen LogP contribution in [-0.4, -0.2) is 11.1 Å². The molecule has 134 valence electrons. The first-order valence-corrected chi connectivity index (χ1v) is 9.26. The highest BCUT2D eigenvalue weighted by Gasteiger charge is 1.89. The first kappa shape index (κ1) is 22.2. The van der Waals surface area contributed by atoms with Crippen LogP contribution in [0.2, 0.25) is 0 Å². The number of allylic oxidation sites excluding steroid dienone is 9. The molecule has 24 heavy (non-hydrogen) atoms. The van der Waals surface area contributed by atoms with Crippen molar-refractivity contribution in [1.29, 1.82) is 0 Å². The van der Waals surface area contributed by atoms with E-state index in [0.717, 1.165) is 44.9 Å².